The average molecular weight is 224 g/mol. The van der Waals surface area contributed by atoms with Crippen LogP contribution in [0.1, 0.15) is 19.4 Å². The van der Waals surface area contributed by atoms with Gasteiger partial charge >= 0.3 is 0 Å². The first-order chi connectivity index (χ1) is 7.50. The third-order valence-electron chi connectivity index (χ3n) is 2.45. The van der Waals surface area contributed by atoms with Gasteiger partial charge in [-0.2, -0.15) is 0 Å². The van der Waals surface area contributed by atoms with Crippen LogP contribution in [0.4, 0.5) is 4.39 Å². The molecular formula is C12H17FN2O. The van der Waals surface area contributed by atoms with Crippen LogP contribution in [0.25, 0.3) is 0 Å². The minimum absolute atomic E-state index is 0.000556. The topological polar surface area (TPSA) is 55.1 Å². The Balaban J connectivity index is 2.55. The van der Waals surface area contributed by atoms with E-state index in [1.807, 2.05) is 6.92 Å². The van der Waals surface area contributed by atoms with E-state index in [9.17, 15) is 9.18 Å². The second-order valence-electron chi connectivity index (χ2n) is 3.99. The van der Waals surface area contributed by atoms with Crippen LogP contribution in [-0.2, 0) is 11.2 Å². The third kappa shape index (κ3) is 3.62. The molecule has 2 atom stereocenters. The fourth-order valence-electron chi connectivity index (χ4n) is 1.56. The van der Waals surface area contributed by atoms with Crippen LogP contribution in [-0.4, -0.2) is 18.0 Å². The smallest absolute Gasteiger partial charge is 0.234 e. The summed E-state index contributed by atoms with van der Waals surface area (Å²) in [6.45, 7) is 3.59. The Bertz CT molecular complexity index is 368. The Morgan fingerprint density at radius 2 is 2.06 bits per heavy atom. The Labute approximate surface area is 94.8 Å². The van der Waals surface area contributed by atoms with Gasteiger partial charge in [-0.1, -0.05) is 18.2 Å². The van der Waals surface area contributed by atoms with Gasteiger partial charge in [0.05, 0.1) is 6.04 Å². The van der Waals surface area contributed by atoms with Crippen molar-refractivity contribution < 1.29 is 9.18 Å². The molecule has 0 aromatic heterocycles. The van der Waals surface area contributed by atoms with Gasteiger partial charge in [0.15, 0.2) is 0 Å². The van der Waals surface area contributed by atoms with Crippen LogP contribution >= 0.6 is 0 Å². The van der Waals surface area contributed by atoms with E-state index < -0.39 is 11.9 Å². The van der Waals surface area contributed by atoms with Crippen LogP contribution in [0, 0.1) is 5.82 Å². The molecule has 0 fully saturated rings. The largest absolute Gasteiger partial charge is 0.368 e. The lowest BCUT2D eigenvalue weighted by Crippen LogP contribution is -2.44. The molecule has 0 heterocycles. The molecule has 16 heavy (non-hydrogen) atoms. The van der Waals surface area contributed by atoms with E-state index in [-0.39, 0.29) is 11.9 Å². The van der Waals surface area contributed by atoms with Gasteiger partial charge in [-0.25, -0.2) is 4.39 Å². The third-order valence-corrected chi connectivity index (χ3v) is 2.45. The van der Waals surface area contributed by atoms with E-state index >= 15 is 0 Å². The number of primary amides is 1. The highest BCUT2D eigenvalue weighted by atomic mass is 19.1. The Kier molecular flexibility index (Phi) is 4.43. The predicted molar refractivity (Wildman–Crippen MR) is 61.4 cm³/mol. The molecule has 0 aliphatic rings. The summed E-state index contributed by atoms with van der Waals surface area (Å²) >= 11 is 0. The summed E-state index contributed by atoms with van der Waals surface area (Å²) < 4.78 is 13.3. The van der Waals surface area contributed by atoms with Crippen molar-refractivity contribution in [2.24, 2.45) is 5.73 Å². The molecule has 0 radical (unpaired) electrons. The first-order valence-corrected chi connectivity index (χ1v) is 5.29. The summed E-state index contributed by atoms with van der Waals surface area (Å²) in [6, 6.07) is 6.22. The number of benzene rings is 1. The number of nitrogens with two attached hydrogens (primary N) is 1. The lowest BCUT2D eigenvalue weighted by Gasteiger charge is -2.17. The van der Waals surface area contributed by atoms with Gasteiger partial charge in [-0.3, -0.25) is 4.79 Å². The normalized spacial score (nSPS) is 14.4. The fourth-order valence-corrected chi connectivity index (χ4v) is 1.56. The zero-order valence-electron chi connectivity index (χ0n) is 9.53. The standard InChI is InChI=1S/C12H17FN2O/c1-8(15-9(2)12(14)16)7-10-5-3-4-6-11(10)13/h3-6,8-9,15H,7H2,1-2H3,(H2,14,16). The Morgan fingerprint density at radius 1 is 1.44 bits per heavy atom. The van der Waals surface area contributed by atoms with Gasteiger partial charge in [-0.05, 0) is 31.9 Å². The van der Waals surface area contributed by atoms with Crippen molar-refractivity contribution in [1.82, 2.24) is 5.32 Å². The van der Waals surface area contributed by atoms with Gasteiger partial charge in [0, 0.05) is 6.04 Å². The zero-order chi connectivity index (χ0) is 12.1. The molecule has 1 aromatic rings. The lowest BCUT2D eigenvalue weighted by atomic mass is 10.1. The lowest BCUT2D eigenvalue weighted by molar-refractivity contribution is -0.119. The fraction of sp³-hybridized carbons (Fsp3) is 0.417. The number of hydrogen-bond acceptors (Lipinski definition) is 2. The average Bonchev–Trinajstić information content (AvgIpc) is 2.21. The van der Waals surface area contributed by atoms with E-state index in [2.05, 4.69) is 5.32 Å². The van der Waals surface area contributed by atoms with Crippen molar-refractivity contribution in [3.63, 3.8) is 0 Å². The van der Waals surface area contributed by atoms with Gasteiger partial charge in [0.1, 0.15) is 5.82 Å². The highest BCUT2D eigenvalue weighted by Crippen LogP contribution is 2.09. The van der Waals surface area contributed by atoms with Crippen LogP contribution in [0.5, 0.6) is 0 Å². The zero-order valence-corrected chi connectivity index (χ0v) is 9.53. The van der Waals surface area contributed by atoms with Gasteiger partial charge in [0.25, 0.3) is 0 Å². The summed E-state index contributed by atoms with van der Waals surface area (Å²) in [6.07, 6.45) is 0.532. The molecule has 3 nitrogen and oxygen atoms in total. The summed E-state index contributed by atoms with van der Waals surface area (Å²) in [5.41, 5.74) is 5.77. The molecule has 2 unspecified atom stereocenters. The molecule has 1 aromatic carbocycles. The highest BCUT2D eigenvalue weighted by Gasteiger charge is 2.13. The molecule has 1 rings (SSSR count). The maximum Gasteiger partial charge on any atom is 0.234 e. The first kappa shape index (κ1) is 12.6. The van der Waals surface area contributed by atoms with Crippen molar-refractivity contribution >= 4 is 5.91 Å². The van der Waals surface area contributed by atoms with Crippen molar-refractivity contribution in [2.75, 3.05) is 0 Å². The molecular weight excluding hydrogens is 207 g/mol. The minimum Gasteiger partial charge on any atom is -0.368 e. The summed E-state index contributed by atoms with van der Waals surface area (Å²) in [4.78, 5) is 10.8. The number of nitrogens with one attached hydrogen (secondary N) is 1. The molecule has 0 spiro atoms. The van der Waals surface area contributed by atoms with Crippen molar-refractivity contribution in [1.29, 1.82) is 0 Å². The first-order valence-electron chi connectivity index (χ1n) is 5.29. The molecule has 0 bridgehead atoms. The summed E-state index contributed by atoms with van der Waals surface area (Å²) in [5, 5.41) is 3.01. The Morgan fingerprint density at radius 3 is 2.62 bits per heavy atom. The molecule has 0 saturated heterocycles. The van der Waals surface area contributed by atoms with E-state index in [1.54, 1.807) is 25.1 Å². The number of rotatable bonds is 5. The molecule has 0 saturated carbocycles. The molecule has 4 heteroatoms. The van der Waals surface area contributed by atoms with Gasteiger partial charge < -0.3 is 11.1 Å². The van der Waals surface area contributed by atoms with E-state index in [0.717, 1.165) is 0 Å². The van der Waals surface area contributed by atoms with E-state index in [1.165, 1.54) is 6.07 Å². The molecule has 0 aliphatic heterocycles. The molecule has 3 N–H and O–H groups in total. The number of carbonyl (C=O) groups excluding carboxylic acids is 1. The van der Waals surface area contributed by atoms with Crippen LogP contribution in [0.3, 0.4) is 0 Å². The second kappa shape index (κ2) is 5.61. The van der Waals surface area contributed by atoms with Crippen LogP contribution < -0.4 is 11.1 Å². The minimum atomic E-state index is -0.402. The van der Waals surface area contributed by atoms with E-state index in [0.29, 0.717) is 12.0 Å². The van der Waals surface area contributed by atoms with E-state index in [4.69, 9.17) is 5.73 Å². The number of halogens is 1. The van der Waals surface area contributed by atoms with Crippen LogP contribution in [0.2, 0.25) is 0 Å². The molecule has 0 aliphatic carbocycles. The maximum atomic E-state index is 13.3. The predicted octanol–water partition coefficient (Wildman–Crippen LogP) is 1.22. The molecule has 88 valence electrons. The highest BCUT2D eigenvalue weighted by molar-refractivity contribution is 5.79. The van der Waals surface area contributed by atoms with Crippen molar-refractivity contribution in [3.8, 4) is 0 Å². The van der Waals surface area contributed by atoms with Crippen molar-refractivity contribution in [2.45, 2.75) is 32.4 Å². The Hall–Kier alpha value is -1.42. The summed E-state index contributed by atoms with van der Waals surface area (Å²) in [7, 11) is 0. The quantitative estimate of drug-likeness (QED) is 0.790. The second-order valence-corrected chi connectivity index (χ2v) is 3.99. The maximum absolute atomic E-state index is 13.3. The van der Waals surface area contributed by atoms with Crippen LogP contribution in [0.15, 0.2) is 24.3 Å². The van der Waals surface area contributed by atoms with Crippen molar-refractivity contribution in [3.05, 3.63) is 35.6 Å². The number of hydrogen-bond donors (Lipinski definition) is 2. The summed E-state index contributed by atoms with van der Waals surface area (Å²) in [5.74, 6) is -0.622. The monoisotopic (exact) mass is 224 g/mol. The molecule has 1 amide bonds. The number of amides is 1. The van der Waals surface area contributed by atoms with Gasteiger partial charge in [-0.15, -0.1) is 0 Å². The number of carbonyl (C=O) groups is 1. The van der Waals surface area contributed by atoms with Gasteiger partial charge in [0.2, 0.25) is 5.91 Å². The SMILES string of the molecule is CC(Cc1ccccc1F)NC(C)C(N)=O.